The van der Waals surface area contributed by atoms with Gasteiger partial charge in [-0.15, -0.1) is 0 Å². The predicted octanol–water partition coefficient (Wildman–Crippen LogP) is 0.571. The van der Waals surface area contributed by atoms with Gasteiger partial charge in [0, 0.05) is 23.5 Å². The van der Waals surface area contributed by atoms with Crippen LogP contribution in [0.15, 0.2) is 48.8 Å². The zero-order valence-electron chi connectivity index (χ0n) is 11.4. The summed E-state index contributed by atoms with van der Waals surface area (Å²) >= 11 is 0. The summed E-state index contributed by atoms with van der Waals surface area (Å²) in [6, 6.07) is 6.07. The largest absolute Gasteiger partial charge is 0.332 e. The fraction of sp³-hybridized carbons (Fsp3) is 0.125. The van der Waals surface area contributed by atoms with Crippen molar-refractivity contribution in [3.8, 4) is 0 Å². The van der Waals surface area contributed by atoms with Crippen LogP contribution in [-0.4, -0.2) is 23.4 Å². The number of carbonyl (C=O) groups is 4. The van der Waals surface area contributed by atoms with Gasteiger partial charge in [0.25, 0.3) is 0 Å². The Morgan fingerprint density at radius 2 is 1.27 bits per heavy atom. The van der Waals surface area contributed by atoms with Gasteiger partial charge in [0.05, 0.1) is 0 Å². The standard InChI is InChI=1S/C16H12N2O4/c19-13(11-4-6-17-15(11)21)9-2-1-3-10(8-9)14(20)12-5-7-18-16(12)22/h1-8,11-12H,(H,17,21)(H,18,22). The molecule has 2 unspecified atom stereocenters. The molecule has 2 aliphatic heterocycles. The van der Waals surface area contributed by atoms with Crippen LogP contribution < -0.4 is 10.6 Å². The maximum Gasteiger partial charge on any atom is 0.238 e. The summed E-state index contributed by atoms with van der Waals surface area (Å²) in [5, 5.41) is 4.88. The van der Waals surface area contributed by atoms with E-state index in [9.17, 15) is 19.2 Å². The average molecular weight is 296 g/mol. The van der Waals surface area contributed by atoms with Crippen molar-refractivity contribution in [2.24, 2.45) is 11.8 Å². The Kier molecular flexibility index (Phi) is 3.42. The first kappa shape index (κ1) is 13.9. The smallest absolute Gasteiger partial charge is 0.238 e. The highest BCUT2D eigenvalue weighted by Gasteiger charge is 2.30. The lowest BCUT2D eigenvalue weighted by atomic mass is 9.93. The van der Waals surface area contributed by atoms with Gasteiger partial charge in [0.2, 0.25) is 11.8 Å². The van der Waals surface area contributed by atoms with Crippen LogP contribution in [0.3, 0.4) is 0 Å². The number of Topliss-reactive ketones (excluding diaryl/α,β-unsaturated/α-hetero) is 2. The molecule has 1 aromatic rings. The molecule has 0 saturated carbocycles. The van der Waals surface area contributed by atoms with E-state index in [0.717, 1.165) is 0 Å². The summed E-state index contributed by atoms with van der Waals surface area (Å²) in [5.41, 5.74) is 0.528. The fourth-order valence-corrected chi connectivity index (χ4v) is 2.41. The molecule has 3 rings (SSSR count). The normalized spacial score (nSPS) is 22.5. The fourth-order valence-electron chi connectivity index (χ4n) is 2.41. The Hall–Kier alpha value is -3.02. The van der Waals surface area contributed by atoms with Gasteiger partial charge < -0.3 is 10.6 Å². The molecule has 110 valence electrons. The zero-order chi connectivity index (χ0) is 15.7. The molecular formula is C16H12N2O4. The minimum atomic E-state index is -0.875. The molecule has 1 aromatic carbocycles. The van der Waals surface area contributed by atoms with E-state index in [-0.39, 0.29) is 34.5 Å². The number of rotatable bonds is 4. The Morgan fingerprint density at radius 3 is 1.64 bits per heavy atom. The van der Waals surface area contributed by atoms with Crippen LogP contribution in [0.25, 0.3) is 0 Å². The summed E-state index contributed by atoms with van der Waals surface area (Å²) in [6.45, 7) is 0. The highest BCUT2D eigenvalue weighted by molar-refractivity contribution is 6.16. The summed E-state index contributed by atoms with van der Waals surface area (Å²) in [7, 11) is 0. The molecule has 2 atom stereocenters. The van der Waals surface area contributed by atoms with E-state index < -0.39 is 11.8 Å². The van der Waals surface area contributed by atoms with Gasteiger partial charge in [-0.05, 0) is 18.2 Å². The predicted molar refractivity (Wildman–Crippen MR) is 76.6 cm³/mol. The van der Waals surface area contributed by atoms with E-state index in [2.05, 4.69) is 10.6 Å². The molecule has 2 heterocycles. The molecule has 2 amide bonds. The lowest BCUT2D eigenvalue weighted by Crippen LogP contribution is -2.27. The third-order valence-corrected chi connectivity index (χ3v) is 3.59. The Morgan fingerprint density at radius 1 is 0.818 bits per heavy atom. The Balaban J connectivity index is 1.86. The van der Waals surface area contributed by atoms with Crippen molar-refractivity contribution in [2.75, 3.05) is 0 Å². The van der Waals surface area contributed by atoms with E-state index in [4.69, 9.17) is 0 Å². The monoisotopic (exact) mass is 296 g/mol. The van der Waals surface area contributed by atoms with Gasteiger partial charge in [-0.1, -0.05) is 18.2 Å². The number of ketones is 2. The van der Waals surface area contributed by atoms with Crippen molar-refractivity contribution in [3.05, 3.63) is 59.9 Å². The molecular weight excluding hydrogens is 284 g/mol. The first-order valence-corrected chi connectivity index (χ1v) is 6.70. The first-order chi connectivity index (χ1) is 10.6. The number of benzene rings is 1. The van der Waals surface area contributed by atoms with Gasteiger partial charge in [0.15, 0.2) is 11.6 Å². The van der Waals surface area contributed by atoms with E-state index in [1.54, 1.807) is 18.2 Å². The Labute approximate surface area is 125 Å². The number of amides is 2. The minimum Gasteiger partial charge on any atom is -0.332 e. The van der Waals surface area contributed by atoms with Crippen molar-refractivity contribution < 1.29 is 19.2 Å². The summed E-state index contributed by atoms with van der Waals surface area (Å²) in [5.74, 6) is -3.29. The second kappa shape index (κ2) is 5.40. The lowest BCUT2D eigenvalue weighted by Gasteiger charge is -2.09. The SMILES string of the molecule is O=C1NC=CC1C(=O)c1cccc(C(=O)C2C=CNC2=O)c1. The zero-order valence-corrected chi connectivity index (χ0v) is 11.4. The molecule has 0 bridgehead atoms. The third-order valence-electron chi connectivity index (χ3n) is 3.59. The molecule has 0 aromatic heterocycles. The number of hydrogen-bond donors (Lipinski definition) is 2. The van der Waals surface area contributed by atoms with Crippen LogP contribution in [0.4, 0.5) is 0 Å². The number of nitrogens with one attached hydrogen (secondary N) is 2. The molecule has 0 fully saturated rings. The van der Waals surface area contributed by atoms with Gasteiger partial charge in [-0.3, -0.25) is 19.2 Å². The molecule has 22 heavy (non-hydrogen) atoms. The maximum atomic E-state index is 12.3. The van der Waals surface area contributed by atoms with E-state index in [1.165, 1.54) is 30.6 Å². The first-order valence-electron chi connectivity index (χ1n) is 6.70. The van der Waals surface area contributed by atoms with Gasteiger partial charge in [-0.25, -0.2) is 0 Å². The van der Waals surface area contributed by atoms with Crippen LogP contribution in [0.2, 0.25) is 0 Å². The maximum absolute atomic E-state index is 12.3. The second-order valence-corrected chi connectivity index (χ2v) is 5.00. The van der Waals surface area contributed by atoms with Crippen LogP contribution in [-0.2, 0) is 9.59 Å². The van der Waals surface area contributed by atoms with Gasteiger partial charge in [0.1, 0.15) is 11.8 Å². The van der Waals surface area contributed by atoms with Gasteiger partial charge >= 0.3 is 0 Å². The van der Waals surface area contributed by atoms with Crippen molar-refractivity contribution in [2.45, 2.75) is 0 Å². The van der Waals surface area contributed by atoms with Gasteiger partial charge in [-0.2, -0.15) is 0 Å². The number of hydrogen-bond acceptors (Lipinski definition) is 4. The molecule has 6 heteroatoms. The molecule has 0 saturated heterocycles. The van der Waals surface area contributed by atoms with E-state index >= 15 is 0 Å². The van der Waals surface area contributed by atoms with Crippen LogP contribution in [0, 0.1) is 11.8 Å². The van der Waals surface area contributed by atoms with Crippen LogP contribution >= 0.6 is 0 Å². The molecule has 6 nitrogen and oxygen atoms in total. The molecule has 0 radical (unpaired) electrons. The highest BCUT2D eigenvalue weighted by atomic mass is 16.2. The molecule has 2 aliphatic rings. The summed E-state index contributed by atoms with van der Waals surface area (Å²) in [4.78, 5) is 47.7. The lowest BCUT2D eigenvalue weighted by molar-refractivity contribution is -0.121. The highest BCUT2D eigenvalue weighted by Crippen LogP contribution is 2.19. The quantitative estimate of drug-likeness (QED) is 0.627. The second-order valence-electron chi connectivity index (χ2n) is 5.00. The minimum absolute atomic E-state index is 0.264. The molecule has 0 aliphatic carbocycles. The summed E-state index contributed by atoms with van der Waals surface area (Å²) < 4.78 is 0. The summed E-state index contributed by atoms with van der Waals surface area (Å²) in [6.07, 6.45) is 5.81. The van der Waals surface area contributed by atoms with E-state index in [1.807, 2.05) is 0 Å². The van der Waals surface area contributed by atoms with Crippen molar-refractivity contribution in [1.29, 1.82) is 0 Å². The van der Waals surface area contributed by atoms with Crippen LogP contribution in [0.1, 0.15) is 20.7 Å². The van der Waals surface area contributed by atoms with E-state index in [0.29, 0.717) is 0 Å². The van der Waals surface area contributed by atoms with Crippen molar-refractivity contribution >= 4 is 23.4 Å². The topological polar surface area (TPSA) is 92.3 Å². The number of carbonyl (C=O) groups excluding carboxylic acids is 4. The van der Waals surface area contributed by atoms with Crippen molar-refractivity contribution in [3.63, 3.8) is 0 Å². The van der Waals surface area contributed by atoms with Crippen molar-refractivity contribution in [1.82, 2.24) is 10.6 Å². The molecule has 2 N–H and O–H groups in total. The average Bonchev–Trinajstić information content (AvgIpc) is 3.14. The third kappa shape index (κ3) is 2.35. The van der Waals surface area contributed by atoms with Crippen LogP contribution in [0.5, 0.6) is 0 Å². The molecule has 0 spiro atoms. The Bertz CT molecular complexity index is 689.